The van der Waals surface area contributed by atoms with Crippen molar-refractivity contribution >= 4 is 17.4 Å². The lowest BCUT2D eigenvalue weighted by Gasteiger charge is -2.15. The van der Waals surface area contributed by atoms with Gasteiger partial charge >= 0.3 is 0 Å². The van der Waals surface area contributed by atoms with Crippen molar-refractivity contribution in [1.82, 2.24) is 9.97 Å². The van der Waals surface area contributed by atoms with Gasteiger partial charge in [0.1, 0.15) is 17.8 Å². The molecule has 0 saturated heterocycles. The number of anilines is 2. The Kier molecular flexibility index (Phi) is 5.27. The molecule has 5 heteroatoms. The highest BCUT2D eigenvalue weighted by Crippen LogP contribution is 2.18. The first kappa shape index (κ1) is 17.6. The molecule has 1 amide bonds. The Morgan fingerprint density at radius 3 is 2.46 bits per heavy atom. The number of benzene rings is 2. The van der Waals surface area contributed by atoms with E-state index >= 15 is 0 Å². The minimum absolute atomic E-state index is 0.0711. The highest BCUT2D eigenvalue weighted by Gasteiger charge is 2.11. The van der Waals surface area contributed by atoms with Gasteiger partial charge in [0, 0.05) is 17.8 Å². The molecule has 0 aliphatic carbocycles. The molecule has 0 radical (unpaired) electrons. The standard InChI is InChI=1S/C21H22N4O/c1-14-9-10-18(11-15(14)2)25-21(26)19-12-20(23-13-22-19)24-16(3)17-7-5-4-6-8-17/h4-13,16H,1-3H3,(H,25,26)(H,22,23,24). The zero-order valence-corrected chi connectivity index (χ0v) is 15.2. The Morgan fingerprint density at radius 1 is 0.962 bits per heavy atom. The number of carbonyl (C=O) groups excluding carboxylic acids is 1. The van der Waals surface area contributed by atoms with Gasteiger partial charge < -0.3 is 10.6 Å². The van der Waals surface area contributed by atoms with Gasteiger partial charge in [-0.2, -0.15) is 0 Å². The fourth-order valence-electron chi connectivity index (χ4n) is 2.62. The van der Waals surface area contributed by atoms with Crippen LogP contribution in [-0.2, 0) is 0 Å². The summed E-state index contributed by atoms with van der Waals surface area (Å²) in [6.07, 6.45) is 1.40. The molecule has 0 fully saturated rings. The van der Waals surface area contributed by atoms with Crippen molar-refractivity contribution in [2.24, 2.45) is 0 Å². The number of carbonyl (C=O) groups is 1. The predicted octanol–water partition coefficient (Wildman–Crippen LogP) is 4.52. The zero-order chi connectivity index (χ0) is 18.5. The summed E-state index contributed by atoms with van der Waals surface area (Å²) in [5, 5.41) is 6.18. The van der Waals surface area contributed by atoms with Crippen LogP contribution in [0.4, 0.5) is 11.5 Å². The Morgan fingerprint density at radius 2 is 1.73 bits per heavy atom. The van der Waals surface area contributed by atoms with Crippen molar-refractivity contribution in [2.75, 3.05) is 10.6 Å². The summed E-state index contributed by atoms with van der Waals surface area (Å²) in [7, 11) is 0. The SMILES string of the molecule is Cc1ccc(NC(=O)c2cc(NC(C)c3ccccc3)ncn2)cc1C. The van der Waals surface area contributed by atoms with Crippen molar-refractivity contribution in [3.05, 3.63) is 83.3 Å². The predicted molar refractivity (Wildman–Crippen MR) is 104 cm³/mol. The quantitative estimate of drug-likeness (QED) is 0.713. The van der Waals surface area contributed by atoms with Crippen LogP contribution in [0.3, 0.4) is 0 Å². The number of aromatic nitrogens is 2. The average Bonchev–Trinajstić information content (AvgIpc) is 2.65. The van der Waals surface area contributed by atoms with Gasteiger partial charge in [0.05, 0.1) is 0 Å². The maximum absolute atomic E-state index is 12.5. The van der Waals surface area contributed by atoms with E-state index in [0.29, 0.717) is 11.5 Å². The van der Waals surface area contributed by atoms with Crippen LogP contribution in [0.2, 0.25) is 0 Å². The molecule has 26 heavy (non-hydrogen) atoms. The number of nitrogens with zero attached hydrogens (tertiary/aromatic N) is 2. The second-order valence-corrected chi connectivity index (χ2v) is 6.32. The molecule has 0 saturated carbocycles. The van der Waals surface area contributed by atoms with Crippen molar-refractivity contribution in [3.63, 3.8) is 0 Å². The summed E-state index contributed by atoms with van der Waals surface area (Å²) >= 11 is 0. The van der Waals surface area contributed by atoms with Crippen molar-refractivity contribution in [2.45, 2.75) is 26.8 Å². The third-order valence-corrected chi connectivity index (χ3v) is 4.33. The first-order valence-corrected chi connectivity index (χ1v) is 8.55. The molecule has 1 unspecified atom stereocenters. The molecule has 0 spiro atoms. The molecule has 0 aliphatic heterocycles. The summed E-state index contributed by atoms with van der Waals surface area (Å²) in [4.78, 5) is 20.8. The molecular formula is C21H22N4O. The van der Waals surface area contributed by atoms with Gasteiger partial charge in [0.25, 0.3) is 5.91 Å². The zero-order valence-electron chi connectivity index (χ0n) is 15.2. The number of nitrogens with one attached hydrogen (secondary N) is 2. The number of aryl methyl sites for hydroxylation is 2. The average molecular weight is 346 g/mol. The van der Waals surface area contributed by atoms with Gasteiger partial charge in [-0.1, -0.05) is 36.4 Å². The number of amides is 1. The summed E-state index contributed by atoms with van der Waals surface area (Å²) in [6, 6.07) is 17.6. The highest BCUT2D eigenvalue weighted by atomic mass is 16.1. The topological polar surface area (TPSA) is 66.9 Å². The molecule has 3 rings (SSSR count). The number of rotatable bonds is 5. The maximum atomic E-state index is 12.5. The van der Waals surface area contributed by atoms with Crippen molar-refractivity contribution in [1.29, 1.82) is 0 Å². The normalized spacial score (nSPS) is 11.7. The summed E-state index contributed by atoms with van der Waals surface area (Å²) < 4.78 is 0. The Bertz CT molecular complexity index is 909. The molecule has 1 atom stereocenters. The molecule has 1 heterocycles. The highest BCUT2D eigenvalue weighted by molar-refractivity contribution is 6.03. The molecule has 1 aromatic heterocycles. The van der Waals surface area contributed by atoms with E-state index in [9.17, 15) is 4.79 Å². The fraction of sp³-hybridized carbons (Fsp3) is 0.190. The fourth-order valence-corrected chi connectivity index (χ4v) is 2.62. The van der Waals surface area contributed by atoms with Crippen LogP contribution >= 0.6 is 0 Å². The van der Waals surface area contributed by atoms with E-state index in [2.05, 4.69) is 20.6 Å². The van der Waals surface area contributed by atoms with Crippen molar-refractivity contribution in [3.8, 4) is 0 Å². The summed E-state index contributed by atoms with van der Waals surface area (Å²) in [6.45, 7) is 6.10. The van der Waals surface area contributed by atoms with E-state index in [1.165, 1.54) is 11.9 Å². The lowest BCUT2D eigenvalue weighted by molar-refractivity contribution is 0.102. The van der Waals surface area contributed by atoms with Crippen LogP contribution in [0, 0.1) is 13.8 Å². The van der Waals surface area contributed by atoms with E-state index in [4.69, 9.17) is 0 Å². The second-order valence-electron chi connectivity index (χ2n) is 6.32. The van der Waals surface area contributed by atoms with Gasteiger partial charge in [-0.05, 0) is 49.6 Å². The minimum atomic E-state index is -0.258. The lowest BCUT2D eigenvalue weighted by Crippen LogP contribution is -2.15. The largest absolute Gasteiger partial charge is 0.363 e. The van der Waals surface area contributed by atoms with Crippen LogP contribution in [0.15, 0.2) is 60.9 Å². The first-order chi connectivity index (χ1) is 12.5. The summed E-state index contributed by atoms with van der Waals surface area (Å²) in [5.41, 5.74) is 4.54. The third kappa shape index (κ3) is 4.25. The Labute approximate surface area is 153 Å². The van der Waals surface area contributed by atoms with Gasteiger partial charge in [-0.3, -0.25) is 4.79 Å². The van der Waals surface area contributed by atoms with Gasteiger partial charge in [0.15, 0.2) is 0 Å². The van der Waals surface area contributed by atoms with E-state index in [1.807, 2.05) is 69.3 Å². The molecule has 2 N–H and O–H groups in total. The van der Waals surface area contributed by atoms with E-state index in [1.54, 1.807) is 6.07 Å². The smallest absolute Gasteiger partial charge is 0.274 e. The minimum Gasteiger partial charge on any atom is -0.363 e. The van der Waals surface area contributed by atoms with E-state index in [-0.39, 0.29) is 11.9 Å². The molecule has 0 aliphatic rings. The van der Waals surface area contributed by atoms with Crippen LogP contribution in [0.5, 0.6) is 0 Å². The molecule has 3 aromatic rings. The Balaban J connectivity index is 1.72. The van der Waals surface area contributed by atoms with Crippen LogP contribution in [0.1, 0.15) is 40.1 Å². The number of hydrogen-bond acceptors (Lipinski definition) is 4. The van der Waals surface area contributed by atoms with Gasteiger partial charge in [-0.25, -0.2) is 9.97 Å². The van der Waals surface area contributed by atoms with Gasteiger partial charge in [-0.15, -0.1) is 0 Å². The first-order valence-electron chi connectivity index (χ1n) is 8.55. The monoisotopic (exact) mass is 346 g/mol. The summed E-state index contributed by atoms with van der Waals surface area (Å²) in [5.74, 6) is 0.354. The van der Waals surface area contributed by atoms with Crippen molar-refractivity contribution < 1.29 is 4.79 Å². The molecule has 132 valence electrons. The molecular weight excluding hydrogens is 324 g/mol. The number of hydrogen-bond donors (Lipinski definition) is 2. The molecule has 5 nitrogen and oxygen atoms in total. The van der Waals surface area contributed by atoms with Gasteiger partial charge in [0.2, 0.25) is 0 Å². The molecule has 0 bridgehead atoms. The van der Waals surface area contributed by atoms with Crippen LogP contribution in [-0.4, -0.2) is 15.9 Å². The molecule has 2 aromatic carbocycles. The Hall–Kier alpha value is -3.21. The second kappa shape index (κ2) is 7.78. The van der Waals surface area contributed by atoms with E-state index in [0.717, 1.165) is 16.8 Å². The van der Waals surface area contributed by atoms with Crippen LogP contribution < -0.4 is 10.6 Å². The third-order valence-electron chi connectivity index (χ3n) is 4.33. The van der Waals surface area contributed by atoms with E-state index < -0.39 is 0 Å². The lowest BCUT2D eigenvalue weighted by atomic mass is 10.1. The van der Waals surface area contributed by atoms with Crippen LogP contribution in [0.25, 0.3) is 0 Å². The maximum Gasteiger partial charge on any atom is 0.274 e.